The van der Waals surface area contributed by atoms with Crippen LogP contribution in [0.3, 0.4) is 0 Å². The van der Waals surface area contributed by atoms with Gasteiger partial charge in [-0.1, -0.05) is 30.3 Å². The number of carbonyl (C=O) groups is 1. The first-order chi connectivity index (χ1) is 18.8. The molecule has 0 aliphatic carbocycles. The second kappa shape index (κ2) is 12.3. The van der Waals surface area contributed by atoms with Gasteiger partial charge in [0, 0.05) is 23.9 Å². The second-order valence-corrected chi connectivity index (χ2v) is 8.70. The highest BCUT2D eigenvalue weighted by Gasteiger charge is 2.18. The molecule has 0 aliphatic rings. The Labute approximate surface area is 230 Å². The number of amides is 1. The number of rotatable bonds is 10. The second-order valence-electron chi connectivity index (χ2n) is 8.29. The molecule has 10 heteroatoms. The summed E-state index contributed by atoms with van der Waals surface area (Å²) < 4.78 is 24.9. The van der Waals surface area contributed by atoms with Crippen LogP contribution < -0.4 is 15.8 Å². The Kier molecular flexibility index (Phi) is 8.65. The van der Waals surface area contributed by atoms with Crippen molar-refractivity contribution in [3.63, 3.8) is 0 Å². The highest BCUT2D eigenvalue weighted by Crippen LogP contribution is 2.31. The number of ether oxygens (including phenoxy) is 1. The predicted octanol–water partition coefficient (Wildman–Crippen LogP) is 6.54. The fourth-order valence-electron chi connectivity index (χ4n) is 3.65. The van der Waals surface area contributed by atoms with E-state index in [0.29, 0.717) is 44.6 Å². The van der Waals surface area contributed by atoms with Crippen molar-refractivity contribution in [2.75, 3.05) is 19.5 Å². The number of benzene rings is 3. The lowest BCUT2D eigenvalue weighted by molar-refractivity contribution is -0.0773. The summed E-state index contributed by atoms with van der Waals surface area (Å²) >= 11 is 6.42. The fraction of sp³-hybridized carbons (Fsp3) is 0.103. The Hall–Kier alpha value is -4.60. The molecular formula is C29H26ClFN4O4. The van der Waals surface area contributed by atoms with Gasteiger partial charge in [0.05, 0.1) is 17.8 Å². The van der Waals surface area contributed by atoms with Gasteiger partial charge in [-0.15, -0.1) is 0 Å². The largest absolute Gasteiger partial charge is 0.487 e. The maximum absolute atomic E-state index is 13.4. The van der Waals surface area contributed by atoms with Crippen LogP contribution in [0.25, 0.3) is 11.3 Å². The molecule has 4 rings (SSSR count). The van der Waals surface area contributed by atoms with Crippen molar-refractivity contribution >= 4 is 34.7 Å². The van der Waals surface area contributed by atoms with Gasteiger partial charge in [0.25, 0.3) is 0 Å². The average Bonchev–Trinajstić information content (AvgIpc) is 3.42. The summed E-state index contributed by atoms with van der Waals surface area (Å²) in [6.45, 7) is 3.88. The molecule has 0 radical (unpaired) electrons. The molecule has 0 atom stereocenters. The van der Waals surface area contributed by atoms with Gasteiger partial charge in [-0.3, -0.25) is 9.63 Å². The Bertz CT molecular complexity index is 1540. The molecule has 0 fully saturated rings. The first-order valence-electron chi connectivity index (χ1n) is 11.7. The van der Waals surface area contributed by atoms with E-state index in [-0.39, 0.29) is 24.0 Å². The van der Waals surface area contributed by atoms with E-state index in [2.05, 4.69) is 16.9 Å². The Morgan fingerprint density at radius 2 is 2.00 bits per heavy atom. The molecule has 1 aromatic heterocycles. The number of nitrogens with zero attached hydrogens (tertiary/aromatic N) is 2. The Balaban J connectivity index is 1.58. The van der Waals surface area contributed by atoms with E-state index < -0.39 is 5.91 Å². The number of hydrogen-bond donors (Lipinski definition) is 2. The zero-order valence-electron chi connectivity index (χ0n) is 21.3. The Morgan fingerprint density at radius 3 is 2.72 bits per heavy atom. The fourth-order valence-corrected chi connectivity index (χ4v) is 3.88. The van der Waals surface area contributed by atoms with Crippen LogP contribution in [0.15, 0.2) is 95.0 Å². The van der Waals surface area contributed by atoms with Crippen molar-refractivity contribution in [3.8, 4) is 17.1 Å². The van der Waals surface area contributed by atoms with Gasteiger partial charge < -0.3 is 20.2 Å². The quantitative estimate of drug-likeness (QED) is 0.132. The van der Waals surface area contributed by atoms with Crippen LogP contribution in [0.2, 0.25) is 5.02 Å². The summed E-state index contributed by atoms with van der Waals surface area (Å²) in [5.74, 6) is 0.459. The maximum atomic E-state index is 13.4. The lowest BCUT2D eigenvalue weighted by Crippen LogP contribution is -2.24. The molecule has 3 N–H and O–H groups in total. The van der Waals surface area contributed by atoms with E-state index in [0.717, 1.165) is 5.06 Å². The molecule has 0 unspecified atom stereocenters. The summed E-state index contributed by atoms with van der Waals surface area (Å²) in [5.41, 5.74) is 9.51. The minimum absolute atomic E-state index is 0.125. The molecule has 39 heavy (non-hydrogen) atoms. The highest BCUT2D eigenvalue weighted by molar-refractivity contribution is 6.32. The third-order valence-corrected chi connectivity index (χ3v) is 5.96. The molecule has 1 heterocycles. The number of anilines is 1. The zero-order chi connectivity index (χ0) is 27.9. The standard InChI is InChI=1S/C29H26ClFN4O4/c1-4-33-24-10-8-19(25-12-13-27(39-25)29(36)35(2)37-3)15-22(24)28(32)34-21-9-11-26(23(30)16-21)38-17-18-6-5-7-20(31)14-18/h4-16,33H,1,17H2,2-3H3,(H2,32,34). The number of hydrogen-bond acceptors (Lipinski definition) is 6. The topological polar surface area (TPSA) is 102 Å². The number of hydroxylamine groups is 2. The lowest BCUT2D eigenvalue weighted by atomic mass is 10.1. The molecule has 4 aromatic rings. The summed E-state index contributed by atoms with van der Waals surface area (Å²) in [4.78, 5) is 21.8. The maximum Gasteiger partial charge on any atom is 0.312 e. The van der Waals surface area contributed by atoms with Crippen LogP contribution in [0.1, 0.15) is 21.7 Å². The smallest absolute Gasteiger partial charge is 0.312 e. The highest BCUT2D eigenvalue weighted by atomic mass is 35.5. The van der Waals surface area contributed by atoms with Gasteiger partial charge in [0.1, 0.15) is 29.8 Å². The number of amidine groups is 1. The van der Waals surface area contributed by atoms with Crippen LogP contribution >= 0.6 is 11.6 Å². The van der Waals surface area contributed by atoms with Crippen LogP contribution in [-0.4, -0.2) is 31.0 Å². The van der Waals surface area contributed by atoms with Crippen molar-refractivity contribution in [2.45, 2.75) is 6.61 Å². The molecule has 200 valence electrons. The van der Waals surface area contributed by atoms with Crippen molar-refractivity contribution in [2.24, 2.45) is 10.7 Å². The third-order valence-electron chi connectivity index (χ3n) is 5.66. The normalized spacial score (nSPS) is 11.2. The summed E-state index contributed by atoms with van der Waals surface area (Å²) in [5, 5.41) is 4.44. The van der Waals surface area contributed by atoms with Crippen LogP contribution in [0, 0.1) is 5.82 Å². The number of nitrogens with two attached hydrogens (primary N) is 1. The number of aliphatic imine (C=N–C) groups is 1. The SMILES string of the molecule is C=CNc1ccc(-c2ccc(C(=O)N(C)OC)o2)cc1C(N)=Nc1ccc(OCc2cccc(F)c2)c(Cl)c1. The van der Waals surface area contributed by atoms with Crippen LogP contribution in [0.5, 0.6) is 5.75 Å². The molecule has 3 aromatic carbocycles. The lowest BCUT2D eigenvalue weighted by Gasteiger charge is -2.12. The molecule has 0 aliphatic heterocycles. The molecule has 0 saturated carbocycles. The van der Waals surface area contributed by atoms with Crippen molar-refractivity contribution in [1.82, 2.24) is 5.06 Å². The van der Waals surface area contributed by atoms with E-state index in [9.17, 15) is 9.18 Å². The first-order valence-corrected chi connectivity index (χ1v) is 12.1. The van der Waals surface area contributed by atoms with E-state index in [1.54, 1.807) is 54.6 Å². The number of carbonyl (C=O) groups excluding carboxylic acids is 1. The van der Waals surface area contributed by atoms with E-state index in [1.807, 2.05) is 6.07 Å². The van der Waals surface area contributed by atoms with Gasteiger partial charge in [0.15, 0.2) is 5.76 Å². The van der Waals surface area contributed by atoms with Crippen LogP contribution in [-0.2, 0) is 11.4 Å². The minimum atomic E-state index is -0.421. The minimum Gasteiger partial charge on any atom is -0.487 e. The van der Waals surface area contributed by atoms with Gasteiger partial charge >= 0.3 is 5.91 Å². The zero-order valence-corrected chi connectivity index (χ0v) is 22.0. The van der Waals surface area contributed by atoms with Crippen LogP contribution in [0.4, 0.5) is 15.8 Å². The third kappa shape index (κ3) is 6.64. The number of furan rings is 1. The molecular weight excluding hydrogens is 523 g/mol. The van der Waals surface area contributed by atoms with Gasteiger partial charge in [-0.25, -0.2) is 14.4 Å². The summed E-state index contributed by atoms with van der Waals surface area (Å²) in [6.07, 6.45) is 1.53. The molecule has 0 saturated heterocycles. The average molecular weight is 549 g/mol. The van der Waals surface area contributed by atoms with Gasteiger partial charge in [-0.05, 0) is 72.4 Å². The van der Waals surface area contributed by atoms with Gasteiger partial charge in [-0.2, -0.15) is 0 Å². The van der Waals surface area contributed by atoms with E-state index in [1.165, 1.54) is 32.5 Å². The van der Waals surface area contributed by atoms with Crippen molar-refractivity contribution < 1.29 is 23.2 Å². The predicted molar refractivity (Wildman–Crippen MR) is 150 cm³/mol. The number of halogens is 2. The van der Waals surface area contributed by atoms with E-state index in [4.69, 9.17) is 31.3 Å². The Morgan fingerprint density at radius 1 is 1.18 bits per heavy atom. The van der Waals surface area contributed by atoms with Crippen molar-refractivity contribution in [1.29, 1.82) is 0 Å². The molecule has 8 nitrogen and oxygen atoms in total. The molecule has 0 bridgehead atoms. The monoisotopic (exact) mass is 548 g/mol. The summed E-state index contributed by atoms with van der Waals surface area (Å²) in [6, 6.07) is 19.8. The van der Waals surface area contributed by atoms with Gasteiger partial charge in [0.2, 0.25) is 0 Å². The van der Waals surface area contributed by atoms with Crippen molar-refractivity contribution in [3.05, 3.63) is 113 Å². The number of nitrogens with one attached hydrogen (secondary N) is 1. The van der Waals surface area contributed by atoms with E-state index >= 15 is 0 Å². The molecule has 1 amide bonds. The summed E-state index contributed by atoms with van der Waals surface area (Å²) in [7, 11) is 2.88. The first kappa shape index (κ1) is 27.4. The molecule has 0 spiro atoms.